The standard InChI is InChI=1S/C18H21ClF2N4O/c1-2-26-16-9-12(3-4-14(16)20)11-25-7-5-13(6-8-25)23-17-15(21)10-22-18(19)24-17/h3-4,9-10,13H,2,5-8,11H2,1H3,(H,22,23,24). The molecule has 1 fully saturated rings. The second-order valence-corrected chi connectivity index (χ2v) is 6.57. The van der Waals surface area contributed by atoms with E-state index in [0.29, 0.717) is 6.61 Å². The van der Waals surface area contributed by atoms with Gasteiger partial charge in [-0.3, -0.25) is 4.90 Å². The Balaban J connectivity index is 1.54. The van der Waals surface area contributed by atoms with Crippen LogP contribution < -0.4 is 10.1 Å². The first-order valence-electron chi connectivity index (χ1n) is 8.63. The van der Waals surface area contributed by atoms with Gasteiger partial charge in [0.2, 0.25) is 5.28 Å². The molecule has 0 radical (unpaired) electrons. The molecule has 0 bridgehead atoms. The predicted molar refractivity (Wildman–Crippen MR) is 96.5 cm³/mol. The molecule has 140 valence electrons. The van der Waals surface area contributed by atoms with Crippen molar-refractivity contribution in [3.63, 3.8) is 0 Å². The maximum atomic E-state index is 13.7. The van der Waals surface area contributed by atoms with Gasteiger partial charge in [0.1, 0.15) is 0 Å². The average Bonchev–Trinajstić information content (AvgIpc) is 2.63. The molecular weight excluding hydrogens is 362 g/mol. The van der Waals surface area contributed by atoms with Crippen LogP contribution in [0.2, 0.25) is 5.28 Å². The van der Waals surface area contributed by atoms with E-state index in [1.165, 1.54) is 6.07 Å². The summed E-state index contributed by atoms with van der Waals surface area (Å²) in [5.41, 5.74) is 1.01. The lowest BCUT2D eigenvalue weighted by atomic mass is 10.0. The van der Waals surface area contributed by atoms with Crippen molar-refractivity contribution in [3.05, 3.63) is 46.9 Å². The number of anilines is 1. The highest BCUT2D eigenvalue weighted by Gasteiger charge is 2.21. The van der Waals surface area contributed by atoms with Crippen LogP contribution >= 0.6 is 11.6 Å². The minimum atomic E-state index is -0.508. The molecule has 2 aromatic rings. The first-order valence-corrected chi connectivity index (χ1v) is 9.01. The van der Waals surface area contributed by atoms with Crippen LogP contribution in [0, 0.1) is 11.6 Å². The summed E-state index contributed by atoms with van der Waals surface area (Å²) in [6.07, 6.45) is 2.76. The molecule has 0 saturated carbocycles. The monoisotopic (exact) mass is 382 g/mol. The van der Waals surface area contributed by atoms with Crippen molar-refractivity contribution in [1.82, 2.24) is 14.9 Å². The Bertz CT molecular complexity index is 754. The van der Waals surface area contributed by atoms with Crippen LogP contribution in [0.5, 0.6) is 5.75 Å². The fraction of sp³-hybridized carbons (Fsp3) is 0.444. The van der Waals surface area contributed by atoms with Gasteiger partial charge in [0.25, 0.3) is 0 Å². The van der Waals surface area contributed by atoms with Gasteiger partial charge in [0.15, 0.2) is 23.2 Å². The van der Waals surface area contributed by atoms with Gasteiger partial charge in [-0.15, -0.1) is 0 Å². The van der Waals surface area contributed by atoms with Crippen LogP contribution in [-0.2, 0) is 6.54 Å². The molecule has 1 N–H and O–H groups in total. The lowest BCUT2D eigenvalue weighted by Crippen LogP contribution is -2.39. The van der Waals surface area contributed by atoms with E-state index >= 15 is 0 Å². The number of halogens is 3. The second kappa shape index (κ2) is 8.60. The quantitative estimate of drug-likeness (QED) is 0.768. The summed E-state index contributed by atoms with van der Waals surface area (Å²) in [6, 6.07) is 5.09. The Kier molecular flexibility index (Phi) is 6.21. The van der Waals surface area contributed by atoms with Crippen LogP contribution in [0.3, 0.4) is 0 Å². The van der Waals surface area contributed by atoms with Crippen LogP contribution in [0.4, 0.5) is 14.6 Å². The van der Waals surface area contributed by atoms with E-state index in [0.717, 1.165) is 44.2 Å². The number of likely N-dealkylation sites (tertiary alicyclic amines) is 1. The molecule has 3 rings (SSSR count). The molecule has 1 aromatic carbocycles. The number of piperidine rings is 1. The third kappa shape index (κ3) is 4.80. The van der Waals surface area contributed by atoms with Crippen molar-refractivity contribution in [3.8, 4) is 5.75 Å². The number of nitrogens with one attached hydrogen (secondary N) is 1. The van der Waals surface area contributed by atoms with Gasteiger partial charge in [-0.2, -0.15) is 4.98 Å². The Hall–Kier alpha value is -1.99. The van der Waals surface area contributed by atoms with E-state index in [4.69, 9.17) is 16.3 Å². The van der Waals surface area contributed by atoms with Crippen molar-refractivity contribution in [2.24, 2.45) is 0 Å². The number of hydrogen-bond donors (Lipinski definition) is 1. The number of benzene rings is 1. The van der Waals surface area contributed by atoms with E-state index in [2.05, 4.69) is 20.2 Å². The van der Waals surface area contributed by atoms with Gasteiger partial charge in [-0.05, 0) is 49.1 Å². The van der Waals surface area contributed by atoms with E-state index in [9.17, 15) is 8.78 Å². The maximum absolute atomic E-state index is 13.7. The van der Waals surface area contributed by atoms with Gasteiger partial charge >= 0.3 is 0 Å². The van der Waals surface area contributed by atoms with Crippen molar-refractivity contribution < 1.29 is 13.5 Å². The molecule has 0 atom stereocenters. The molecule has 0 spiro atoms. The molecule has 26 heavy (non-hydrogen) atoms. The summed E-state index contributed by atoms with van der Waals surface area (Å²) in [5.74, 6) is -0.420. The highest BCUT2D eigenvalue weighted by molar-refractivity contribution is 6.28. The summed E-state index contributed by atoms with van der Waals surface area (Å²) in [7, 11) is 0. The fourth-order valence-corrected chi connectivity index (χ4v) is 3.18. The molecule has 0 aliphatic carbocycles. The summed E-state index contributed by atoms with van der Waals surface area (Å²) in [6.45, 7) is 4.68. The molecule has 0 amide bonds. The number of ether oxygens (including phenoxy) is 1. The summed E-state index contributed by atoms with van der Waals surface area (Å²) >= 11 is 5.72. The third-order valence-electron chi connectivity index (χ3n) is 4.34. The van der Waals surface area contributed by atoms with Crippen LogP contribution in [-0.4, -0.2) is 40.6 Å². The van der Waals surface area contributed by atoms with Crippen LogP contribution in [0.25, 0.3) is 0 Å². The third-order valence-corrected chi connectivity index (χ3v) is 4.53. The maximum Gasteiger partial charge on any atom is 0.224 e. The normalized spacial score (nSPS) is 15.8. The lowest BCUT2D eigenvalue weighted by molar-refractivity contribution is 0.210. The van der Waals surface area contributed by atoms with Crippen molar-refractivity contribution >= 4 is 17.4 Å². The Morgan fingerprint density at radius 1 is 1.27 bits per heavy atom. The predicted octanol–water partition coefficient (Wildman–Crippen LogP) is 3.88. The number of hydrogen-bond acceptors (Lipinski definition) is 5. The molecule has 1 aliphatic rings. The molecule has 1 saturated heterocycles. The minimum Gasteiger partial charge on any atom is -0.491 e. The fourth-order valence-electron chi connectivity index (χ4n) is 3.05. The largest absolute Gasteiger partial charge is 0.491 e. The first-order chi connectivity index (χ1) is 12.5. The van der Waals surface area contributed by atoms with Crippen LogP contribution in [0.1, 0.15) is 25.3 Å². The highest BCUT2D eigenvalue weighted by Crippen LogP contribution is 2.22. The zero-order chi connectivity index (χ0) is 18.5. The highest BCUT2D eigenvalue weighted by atomic mass is 35.5. The topological polar surface area (TPSA) is 50.3 Å². The van der Waals surface area contributed by atoms with E-state index in [1.807, 2.05) is 6.92 Å². The summed E-state index contributed by atoms with van der Waals surface area (Å²) < 4.78 is 32.7. The first kappa shape index (κ1) is 18.8. The molecule has 0 unspecified atom stereocenters. The van der Waals surface area contributed by atoms with Crippen molar-refractivity contribution in [2.45, 2.75) is 32.4 Å². The molecule has 1 aromatic heterocycles. The number of nitrogens with zero attached hydrogens (tertiary/aromatic N) is 3. The summed E-state index contributed by atoms with van der Waals surface area (Å²) in [4.78, 5) is 9.79. The molecule has 8 heteroatoms. The van der Waals surface area contributed by atoms with Gasteiger partial charge in [-0.25, -0.2) is 13.8 Å². The number of aromatic nitrogens is 2. The van der Waals surface area contributed by atoms with Gasteiger partial charge in [0, 0.05) is 25.7 Å². The zero-order valence-electron chi connectivity index (χ0n) is 14.5. The molecular formula is C18H21ClF2N4O. The van der Waals surface area contributed by atoms with Gasteiger partial charge in [-0.1, -0.05) is 6.07 Å². The van der Waals surface area contributed by atoms with Crippen LogP contribution in [0.15, 0.2) is 24.4 Å². The van der Waals surface area contributed by atoms with E-state index in [1.54, 1.807) is 12.1 Å². The lowest BCUT2D eigenvalue weighted by Gasteiger charge is -2.32. The molecule has 1 aliphatic heterocycles. The Morgan fingerprint density at radius 3 is 2.77 bits per heavy atom. The summed E-state index contributed by atoms with van der Waals surface area (Å²) in [5, 5.41) is 3.12. The van der Waals surface area contributed by atoms with Crippen molar-refractivity contribution in [1.29, 1.82) is 0 Å². The second-order valence-electron chi connectivity index (χ2n) is 6.23. The smallest absolute Gasteiger partial charge is 0.224 e. The van der Waals surface area contributed by atoms with E-state index in [-0.39, 0.29) is 28.7 Å². The molecule has 5 nitrogen and oxygen atoms in total. The Labute approximate surface area is 156 Å². The zero-order valence-corrected chi connectivity index (χ0v) is 15.3. The minimum absolute atomic E-state index is 0.0211. The van der Waals surface area contributed by atoms with Gasteiger partial charge < -0.3 is 10.1 Å². The Morgan fingerprint density at radius 2 is 2.04 bits per heavy atom. The number of rotatable bonds is 6. The van der Waals surface area contributed by atoms with Crippen molar-refractivity contribution in [2.75, 3.05) is 25.0 Å². The van der Waals surface area contributed by atoms with E-state index < -0.39 is 5.82 Å². The van der Waals surface area contributed by atoms with Gasteiger partial charge in [0.05, 0.1) is 12.8 Å². The average molecular weight is 383 g/mol. The molecule has 2 heterocycles. The SMILES string of the molecule is CCOc1cc(CN2CCC(Nc3nc(Cl)ncc3F)CC2)ccc1F.